The first-order valence-corrected chi connectivity index (χ1v) is 12.7. The van der Waals surface area contributed by atoms with Gasteiger partial charge >= 0.3 is 5.97 Å². The number of para-hydroxylation sites is 1. The predicted molar refractivity (Wildman–Crippen MR) is 148 cm³/mol. The van der Waals surface area contributed by atoms with Gasteiger partial charge in [-0.1, -0.05) is 72.8 Å². The third kappa shape index (κ3) is 8.61. The van der Waals surface area contributed by atoms with Gasteiger partial charge in [-0.05, 0) is 59.5 Å². The highest BCUT2D eigenvalue weighted by molar-refractivity contribution is 5.94. The van der Waals surface area contributed by atoms with Gasteiger partial charge in [0.05, 0.1) is 6.42 Å². The van der Waals surface area contributed by atoms with Crippen LogP contribution in [0.5, 0.6) is 11.5 Å². The van der Waals surface area contributed by atoms with Gasteiger partial charge in [-0.2, -0.15) is 0 Å². The van der Waals surface area contributed by atoms with E-state index in [1.165, 1.54) is 11.1 Å². The lowest BCUT2D eigenvalue weighted by molar-refractivity contribution is -0.136. The highest BCUT2D eigenvalue weighted by atomic mass is 16.5. The van der Waals surface area contributed by atoms with E-state index in [-0.39, 0.29) is 18.9 Å². The zero-order valence-electron chi connectivity index (χ0n) is 21.3. The van der Waals surface area contributed by atoms with Crippen LogP contribution in [0.1, 0.15) is 33.5 Å². The number of benzene rings is 4. The Hall–Kier alpha value is -4.42. The minimum absolute atomic E-state index is 0.0977. The number of carboxylic acids is 1. The van der Waals surface area contributed by atoms with Crippen LogP contribution in [-0.4, -0.2) is 35.0 Å². The molecular formula is C32H32N2O4. The van der Waals surface area contributed by atoms with Gasteiger partial charge in [0.1, 0.15) is 11.5 Å². The maximum Gasteiger partial charge on any atom is 0.305 e. The van der Waals surface area contributed by atoms with Crippen molar-refractivity contribution in [2.45, 2.75) is 25.9 Å². The van der Waals surface area contributed by atoms with Gasteiger partial charge in [-0.3, -0.25) is 14.5 Å². The van der Waals surface area contributed by atoms with Gasteiger partial charge in [-0.25, -0.2) is 0 Å². The number of carbonyl (C=O) groups is 2. The zero-order chi connectivity index (χ0) is 26.6. The number of aliphatic carboxylic acids is 1. The molecule has 0 aliphatic heterocycles. The monoisotopic (exact) mass is 508 g/mol. The van der Waals surface area contributed by atoms with E-state index in [0.717, 1.165) is 43.1 Å². The normalized spacial score (nSPS) is 10.8. The van der Waals surface area contributed by atoms with Gasteiger partial charge in [0.15, 0.2) is 0 Å². The van der Waals surface area contributed by atoms with E-state index in [2.05, 4.69) is 46.6 Å². The van der Waals surface area contributed by atoms with Gasteiger partial charge in [0, 0.05) is 31.7 Å². The smallest absolute Gasteiger partial charge is 0.305 e. The van der Waals surface area contributed by atoms with E-state index < -0.39 is 5.97 Å². The topological polar surface area (TPSA) is 78.9 Å². The summed E-state index contributed by atoms with van der Waals surface area (Å²) in [7, 11) is 0. The van der Waals surface area contributed by atoms with Crippen LogP contribution < -0.4 is 10.1 Å². The van der Waals surface area contributed by atoms with E-state index in [9.17, 15) is 9.59 Å². The van der Waals surface area contributed by atoms with Gasteiger partial charge in [-0.15, -0.1) is 0 Å². The Morgan fingerprint density at radius 3 is 1.84 bits per heavy atom. The molecule has 0 saturated carbocycles. The molecule has 0 aliphatic rings. The number of hydrogen-bond acceptors (Lipinski definition) is 4. The summed E-state index contributed by atoms with van der Waals surface area (Å²) in [5.41, 5.74) is 4.10. The number of rotatable bonds is 13. The minimum atomic E-state index is -0.936. The molecule has 194 valence electrons. The van der Waals surface area contributed by atoms with Crippen LogP contribution in [0.3, 0.4) is 0 Å². The Labute approximate surface area is 223 Å². The molecule has 6 heteroatoms. The van der Waals surface area contributed by atoms with Crippen molar-refractivity contribution in [1.82, 2.24) is 10.2 Å². The maximum atomic E-state index is 12.3. The summed E-state index contributed by atoms with van der Waals surface area (Å²) < 4.78 is 5.93. The van der Waals surface area contributed by atoms with Crippen molar-refractivity contribution in [3.8, 4) is 11.5 Å². The van der Waals surface area contributed by atoms with Crippen LogP contribution in [0.25, 0.3) is 0 Å². The van der Waals surface area contributed by atoms with Gasteiger partial charge in [0.2, 0.25) is 0 Å². The van der Waals surface area contributed by atoms with Crippen LogP contribution in [0.4, 0.5) is 0 Å². The fraction of sp³-hybridized carbons (Fsp3) is 0.188. The SMILES string of the molecule is O=C(O)CCNC(=O)c1ccc(CN(CCc2ccccc2)Cc2ccc(Oc3ccccc3)cc2)cc1. The maximum absolute atomic E-state index is 12.3. The molecular weight excluding hydrogens is 476 g/mol. The number of nitrogens with one attached hydrogen (secondary N) is 1. The molecule has 0 spiro atoms. The fourth-order valence-electron chi connectivity index (χ4n) is 4.10. The summed E-state index contributed by atoms with van der Waals surface area (Å²) in [6.45, 7) is 2.49. The highest BCUT2D eigenvalue weighted by Gasteiger charge is 2.11. The van der Waals surface area contributed by atoms with Crippen LogP contribution in [-0.2, 0) is 24.3 Å². The molecule has 6 nitrogen and oxygen atoms in total. The molecule has 0 aliphatic carbocycles. The Bertz CT molecular complexity index is 1290. The molecule has 0 aromatic heterocycles. The molecule has 4 rings (SSSR count). The first-order chi connectivity index (χ1) is 18.5. The Kier molecular flexibility index (Phi) is 9.65. The number of nitrogens with zero attached hydrogens (tertiary/aromatic N) is 1. The van der Waals surface area contributed by atoms with Crippen molar-refractivity contribution in [1.29, 1.82) is 0 Å². The molecule has 0 saturated heterocycles. The first kappa shape index (κ1) is 26.6. The van der Waals surface area contributed by atoms with E-state index >= 15 is 0 Å². The Morgan fingerprint density at radius 2 is 1.24 bits per heavy atom. The first-order valence-electron chi connectivity index (χ1n) is 12.7. The largest absolute Gasteiger partial charge is 0.481 e. The molecule has 38 heavy (non-hydrogen) atoms. The average Bonchev–Trinajstić information content (AvgIpc) is 2.94. The molecule has 0 heterocycles. The third-order valence-corrected chi connectivity index (χ3v) is 6.11. The second-order valence-corrected chi connectivity index (χ2v) is 9.10. The van der Waals surface area contributed by atoms with Crippen LogP contribution in [0, 0.1) is 0 Å². The van der Waals surface area contributed by atoms with Crippen LogP contribution in [0.15, 0.2) is 109 Å². The lowest BCUT2D eigenvalue weighted by Gasteiger charge is -2.23. The number of hydrogen-bond donors (Lipinski definition) is 2. The minimum Gasteiger partial charge on any atom is -0.481 e. The van der Waals surface area contributed by atoms with Crippen molar-refractivity contribution in [2.24, 2.45) is 0 Å². The quantitative estimate of drug-likeness (QED) is 0.234. The second kappa shape index (κ2) is 13.8. The van der Waals surface area contributed by atoms with E-state index in [1.54, 1.807) is 12.1 Å². The number of carboxylic acid groups (broad SMARTS) is 1. The van der Waals surface area contributed by atoms with Crippen molar-refractivity contribution in [3.63, 3.8) is 0 Å². The molecule has 4 aromatic carbocycles. The molecule has 0 bridgehead atoms. The fourth-order valence-corrected chi connectivity index (χ4v) is 4.10. The molecule has 2 N–H and O–H groups in total. The summed E-state index contributed by atoms with van der Waals surface area (Å²) in [6, 6.07) is 35.8. The standard InChI is InChI=1S/C32H32N2O4/c35-31(36)19-21-33-32(37)28-15-11-26(12-16-28)23-34(22-20-25-7-3-1-4-8-25)24-27-13-17-30(18-14-27)38-29-9-5-2-6-10-29/h1-18H,19-24H2,(H,33,37)(H,35,36). The molecule has 0 radical (unpaired) electrons. The van der Waals surface area contributed by atoms with Crippen LogP contribution >= 0.6 is 0 Å². The Morgan fingerprint density at radius 1 is 0.684 bits per heavy atom. The molecule has 4 aromatic rings. The van der Waals surface area contributed by atoms with Gasteiger partial charge < -0.3 is 15.2 Å². The number of carbonyl (C=O) groups excluding carboxylic acids is 1. The van der Waals surface area contributed by atoms with Crippen molar-refractivity contribution < 1.29 is 19.4 Å². The highest BCUT2D eigenvalue weighted by Crippen LogP contribution is 2.22. The third-order valence-electron chi connectivity index (χ3n) is 6.11. The summed E-state index contributed by atoms with van der Waals surface area (Å²) in [6.07, 6.45) is 0.833. The number of ether oxygens (including phenoxy) is 1. The molecule has 0 unspecified atom stereocenters. The molecule has 0 fully saturated rings. The summed E-state index contributed by atoms with van der Waals surface area (Å²) >= 11 is 0. The van der Waals surface area contributed by atoms with E-state index in [0.29, 0.717) is 5.56 Å². The summed E-state index contributed by atoms with van der Waals surface area (Å²) in [4.78, 5) is 25.3. The van der Waals surface area contributed by atoms with Crippen molar-refractivity contribution >= 4 is 11.9 Å². The van der Waals surface area contributed by atoms with E-state index in [4.69, 9.17) is 9.84 Å². The second-order valence-electron chi connectivity index (χ2n) is 9.10. The van der Waals surface area contributed by atoms with Crippen molar-refractivity contribution in [3.05, 3.63) is 131 Å². The Balaban J connectivity index is 1.40. The lowest BCUT2D eigenvalue weighted by Crippen LogP contribution is -2.26. The van der Waals surface area contributed by atoms with Crippen LogP contribution in [0.2, 0.25) is 0 Å². The van der Waals surface area contributed by atoms with E-state index in [1.807, 2.05) is 60.7 Å². The number of amides is 1. The molecule has 0 atom stereocenters. The van der Waals surface area contributed by atoms with Gasteiger partial charge in [0.25, 0.3) is 5.91 Å². The average molecular weight is 509 g/mol. The lowest BCUT2D eigenvalue weighted by atomic mass is 10.1. The summed E-state index contributed by atoms with van der Waals surface area (Å²) in [5, 5.41) is 11.4. The zero-order valence-corrected chi connectivity index (χ0v) is 21.3. The molecule has 1 amide bonds. The predicted octanol–water partition coefficient (Wildman–Crippen LogP) is 5.93. The summed E-state index contributed by atoms with van der Waals surface area (Å²) in [5.74, 6) is 0.405. The van der Waals surface area contributed by atoms with Crippen molar-refractivity contribution in [2.75, 3.05) is 13.1 Å².